The van der Waals surface area contributed by atoms with Gasteiger partial charge in [0.25, 0.3) is 5.91 Å². The highest BCUT2D eigenvalue weighted by Crippen LogP contribution is 2.34. The molecule has 8 nitrogen and oxygen atoms in total. The van der Waals surface area contributed by atoms with Crippen LogP contribution in [0.4, 0.5) is 0 Å². The van der Waals surface area contributed by atoms with E-state index in [1.54, 1.807) is 13.8 Å². The number of aromatic nitrogens is 2. The highest BCUT2D eigenvalue weighted by atomic mass is 16.5. The molecule has 2 amide bonds. The summed E-state index contributed by atoms with van der Waals surface area (Å²) in [5.74, 6) is 0.0697. The molecule has 1 aromatic carbocycles. The fourth-order valence-electron chi connectivity index (χ4n) is 5.47. The van der Waals surface area contributed by atoms with Crippen LogP contribution in [0.25, 0.3) is 0 Å². The molecular weight excluding hydrogens is 430 g/mol. The molecule has 2 saturated heterocycles. The molecular formula is C26H35N5O3. The first-order chi connectivity index (χ1) is 16.2. The Hall–Kier alpha value is -3.00. The van der Waals surface area contributed by atoms with Crippen molar-refractivity contribution >= 4 is 17.5 Å². The van der Waals surface area contributed by atoms with Gasteiger partial charge < -0.3 is 10.1 Å². The Morgan fingerprint density at radius 2 is 1.68 bits per heavy atom. The largest absolute Gasteiger partial charge is 0.411 e. The Kier molecular flexibility index (Phi) is 6.89. The number of carbonyl (C=O) groups excluding carboxylic acids is 2. The highest BCUT2D eigenvalue weighted by molar-refractivity contribution is 6.07. The Balaban J connectivity index is 1.38. The first kappa shape index (κ1) is 24.1. The van der Waals surface area contributed by atoms with Crippen LogP contribution >= 0.6 is 0 Å². The van der Waals surface area contributed by atoms with Crippen LogP contribution in [0.15, 0.2) is 35.3 Å². The van der Waals surface area contributed by atoms with Gasteiger partial charge in [-0.2, -0.15) is 0 Å². The summed E-state index contributed by atoms with van der Waals surface area (Å²) in [7, 11) is 0. The third-order valence-corrected chi connectivity index (χ3v) is 7.60. The van der Waals surface area contributed by atoms with Gasteiger partial charge in [-0.15, -0.1) is 9.94 Å². The topological polar surface area (TPSA) is 91.0 Å². The summed E-state index contributed by atoms with van der Waals surface area (Å²) in [6, 6.07) is 10.0. The van der Waals surface area contributed by atoms with E-state index in [2.05, 4.69) is 21.9 Å². The minimum absolute atomic E-state index is 0.0393. The molecule has 0 unspecified atom stereocenters. The Bertz CT molecular complexity index is 1080. The normalized spacial score (nSPS) is 19.9. The molecule has 34 heavy (non-hydrogen) atoms. The van der Waals surface area contributed by atoms with Gasteiger partial charge in [0.1, 0.15) is 0 Å². The van der Waals surface area contributed by atoms with Crippen molar-refractivity contribution < 1.29 is 14.8 Å². The standard InChI is InChI=1S/C26H35N5O3/c1-18-23(19(2)31(34)28-18)25(33)29-16-12-26(4,13-17-29)30-14-10-22(11-15-30)24(27-20(3)32)21-8-6-5-7-9-21/h5-9,22,34H,10-17H2,1-4H3. The van der Waals surface area contributed by atoms with Gasteiger partial charge in [-0.1, -0.05) is 30.3 Å². The fraction of sp³-hybridized carbons (Fsp3) is 0.538. The van der Waals surface area contributed by atoms with E-state index in [-0.39, 0.29) is 23.3 Å². The van der Waals surface area contributed by atoms with E-state index in [1.807, 2.05) is 35.2 Å². The molecule has 2 aromatic rings. The van der Waals surface area contributed by atoms with Gasteiger partial charge in [-0.05, 0) is 65.1 Å². The second-order valence-electron chi connectivity index (χ2n) is 9.87. The molecule has 8 heteroatoms. The maximum atomic E-state index is 13.1. The minimum Gasteiger partial charge on any atom is -0.411 e. The number of hydrogen-bond donors (Lipinski definition) is 1. The van der Waals surface area contributed by atoms with Crippen molar-refractivity contribution in [1.29, 1.82) is 0 Å². The summed E-state index contributed by atoms with van der Waals surface area (Å²) in [5.41, 5.74) is 3.53. The quantitative estimate of drug-likeness (QED) is 0.551. The summed E-state index contributed by atoms with van der Waals surface area (Å²) >= 11 is 0. The minimum atomic E-state index is -0.150. The second kappa shape index (κ2) is 9.70. The predicted molar refractivity (Wildman–Crippen MR) is 130 cm³/mol. The molecule has 0 aliphatic carbocycles. The number of hydrogen-bond acceptors (Lipinski definition) is 5. The molecule has 3 heterocycles. The molecule has 0 spiro atoms. The van der Waals surface area contributed by atoms with Gasteiger partial charge in [0.15, 0.2) is 0 Å². The van der Waals surface area contributed by atoms with Gasteiger partial charge in [-0.3, -0.25) is 14.5 Å². The van der Waals surface area contributed by atoms with Crippen molar-refractivity contribution in [3.05, 3.63) is 52.8 Å². The summed E-state index contributed by atoms with van der Waals surface area (Å²) in [6.07, 6.45) is 3.74. The lowest BCUT2D eigenvalue weighted by molar-refractivity contribution is -0.115. The predicted octanol–water partition coefficient (Wildman–Crippen LogP) is 3.48. The van der Waals surface area contributed by atoms with E-state index in [9.17, 15) is 14.8 Å². The Morgan fingerprint density at radius 1 is 1.06 bits per heavy atom. The summed E-state index contributed by atoms with van der Waals surface area (Å²) in [4.78, 5) is 34.5. The van der Waals surface area contributed by atoms with Crippen molar-refractivity contribution in [2.75, 3.05) is 26.2 Å². The van der Waals surface area contributed by atoms with Gasteiger partial charge in [-0.25, -0.2) is 4.99 Å². The SMILES string of the molecule is CC(=O)N=C(c1ccccc1)C1CCN(C2(C)CCN(C(=O)c3c(C)nn(O)c3C)CC2)CC1. The van der Waals surface area contributed by atoms with Crippen LogP contribution in [0, 0.1) is 19.8 Å². The molecule has 4 rings (SSSR count). The van der Waals surface area contributed by atoms with Crippen LogP contribution in [0.3, 0.4) is 0 Å². The van der Waals surface area contributed by atoms with E-state index in [4.69, 9.17) is 0 Å². The van der Waals surface area contributed by atoms with E-state index >= 15 is 0 Å². The molecule has 0 atom stereocenters. The molecule has 0 radical (unpaired) electrons. The van der Waals surface area contributed by atoms with Crippen LogP contribution < -0.4 is 0 Å². The third-order valence-electron chi connectivity index (χ3n) is 7.60. The molecule has 2 aliphatic heterocycles. The molecule has 2 fully saturated rings. The van der Waals surface area contributed by atoms with Gasteiger partial charge in [0.2, 0.25) is 5.91 Å². The lowest BCUT2D eigenvalue weighted by atomic mass is 9.82. The number of benzene rings is 1. The number of piperidine rings is 2. The monoisotopic (exact) mass is 465 g/mol. The first-order valence-electron chi connectivity index (χ1n) is 12.1. The van der Waals surface area contributed by atoms with Gasteiger partial charge >= 0.3 is 0 Å². The summed E-state index contributed by atoms with van der Waals surface area (Å²) in [5, 5.41) is 13.8. The van der Waals surface area contributed by atoms with E-state index in [0.29, 0.717) is 30.0 Å². The smallest absolute Gasteiger partial charge is 0.257 e. The van der Waals surface area contributed by atoms with Crippen LogP contribution in [-0.4, -0.2) is 74.2 Å². The number of nitrogens with zero attached hydrogens (tertiary/aromatic N) is 5. The van der Waals surface area contributed by atoms with Crippen LogP contribution in [-0.2, 0) is 4.79 Å². The molecule has 182 valence electrons. The molecule has 0 saturated carbocycles. The maximum Gasteiger partial charge on any atom is 0.257 e. The number of rotatable bonds is 4. The van der Waals surface area contributed by atoms with Crippen molar-refractivity contribution in [2.45, 2.75) is 58.9 Å². The number of amides is 2. The van der Waals surface area contributed by atoms with E-state index < -0.39 is 0 Å². The Labute approximate surface area is 201 Å². The Morgan fingerprint density at radius 3 is 2.21 bits per heavy atom. The highest BCUT2D eigenvalue weighted by Gasteiger charge is 2.40. The lowest BCUT2D eigenvalue weighted by Crippen LogP contribution is -2.56. The summed E-state index contributed by atoms with van der Waals surface area (Å²) < 4.78 is 0. The van der Waals surface area contributed by atoms with E-state index in [0.717, 1.165) is 54.9 Å². The van der Waals surface area contributed by atoms with Crippen molar-refractivity contribution in [3.8, 4) is 0 Å². The summed E-state index contributed by atoms with van der Waals surface area (Å²) in [6.45, 7) is 10.6. The number of likely N-dealkylation sites (tertiary alicyclic amines) is 2. The second-order valence-corrected chi connectivity index (χ2v) is 9.87. The van der Waals surface area contributed by atoms with Crippen molar-refractivity contribution in [1.82, 2.24) is 19.7 Å². The van der Waals surface area contributed by atoms with Crippen LogP contribution in [0.2, 0.25) is 0 Å². The fourth-order valence-corrected chi connectivity index (χ4v) is 5.47. The number of aliphatic imine (C=N–C) groups is 1. The van der Waals surface area contributed by atoms with Crippen LogP contribution in [0.1, 0.15) is 66.8 Å². The van der Waals surface area contributed by atoms with Crippen molar-refractivity contribution in [2.24, 2.45) is 10.9 Å². The molecule has 0 bridgehead atoms. The first-order valence-corrected chi connectivity index (χ1v) is 12.1. The van der Waals surface area contributed by atoms with E-state index in [1.165, 1.54) is 6.92 Å². The van der Waals surface area contributed by atoms with Crippen molar-refractivity contribution in [3.63, 3.8) is 0 Å². The zero-order valence-electron chi connectivity index (χ0n) is 20.6. The van der Waals surface area contributed by atoms with Gasteiger partial charge in [0, 0.05) is 31.5 Å². The molecule has 1 N–H and O–H groups in total. The molecule has 2 aliphatic rings. The lowest BCUT2D eigenvalue weighted by Gasteiger charge is -2.49. The number of aryl methyl sites for hydroxylation is 1. The average Bonchev–Trinajstić information content (AvgIpc) is 3.09. The number of carbonyl (C=O) groups is 2. The van der Waals surface area contributed by atoms with Gasteiger partial charge in [0.05, 0.1) is 22.7 Å². The maximum absolute atomic E-state index is 13.1. The average molecular weight is 466 g/mol. The molecule has 1 aromatic heterocycles. The zero-order chi connectivity index (χ0) is 24.5. The van der Waals surface area contributed by atoms with Crippen LogP contribution in [0.5, 0.6) is 0 Å². The third kappa shape index (κ3) is 4.78. The zero-order valence-corrected chi connectivity index (χ0v) is 20.6.